The minimum atomic E-state index is -1.04. The summed E-state index contributed by atoms with van der Waals surface area (Å²) in [6.07, 6.45) is 1.22. The van der Waals surface area contributed by atoms with Crippen molar-refractivity contribution in [3.8, 4) is 11.5 Å². The van der Waals surface area contributed by atoms with Crippen LogP contribution in [0.2, 0.25) is 0 Å². The van der Waals surface area contributed by atoms with E-state index < -0.39 is 29.8 Å². The average Bonchev–Trinajstić information content (AvgIpc) is 2.70. The van der Waals surface area contributed by atoms with Gasteiger partial charge in [-0.1, -0.05) is 13.8 Å². The molecule has 2 N–H and O–H groups in total. The Morgan fingerprint density at radius 2 is 2.18 bits per heavy atom. The second-order valence-corrected chi connectivity index (χ2v) is 7.11. The zero-order valence-electron chi connectivity index (χ0n) is 16.6. The third-order valence-electron chi connectivity index (χ3n) is 4.08. The first kappa shape index (κ1) is 21.9. The van der Waals surface area contributed by atoms with E-state index in [1.54, 1.807) is 6.92 Å². The summed E-state index contributed by atoms with van der Waals surface area (Å²) < 4.78 is 21.8. The SMILES string of the molecule is COc1ccnc(C(=O)N[C@H]2COCC(OCC(C)C)CC(C)OC2=O)c1O. The Balaban J connectivity index is 2.05. The van der Waals surface area contributed by atoms with Gasteiger partial charge in [-0.2, -0.15) is 0 Å². The highest BCUT2D eigenvalue weighted by Crippen LogP contribution is 2.27. The summed E-state index contributed by atoms with van der Waals surface area (Å²) in [5.41, 5.74) is -0.252. The maximum atomic E-state index is 12.5. The van der Waals surface area contributed by atoms with E-state index in [9.17, 15) is 14.7 Å². The smallest absolute Gasteiger partial charge is 0.331 e. The van der Waals surface area contributed by atoms with Gasteiger partial charge in [0.15, 0.2) is 23.2 Å². The number of nitrogens with zero attached hydrogens (tertiary/aromatic N) is 1. The molecule has 0 spiro atoms. The number of methoxy groups -OCH3 is 1. The number of carbonyl (C=O) groups is 2. The molecule has 1 aromatic heterocycles. The molecule has 9 nitrogen and oxygen atoms in total. The van der Waals surface area contributed by atoms with E-state index in [1.807, 2.05) is 13.8 Å². The highest BCUT2D eigenvalue weighted by molar-refractivity contribution is 5.98. The Labute approximate surface area is 164 Å². The van der Waals surface area contributed by atoms with Gasteiger partial charge in [-0.05, 0) is 12.8 Å². The lowest BCUT2D eigenvalue weighted by Gasteiger charge is -2.21. The Hall–Kier alpha value is -2.39. The van der Waals surface area contributed by atoms with E-state index in [0.29, 0.717) is 18.9 Å². The summed E-state index contributed by atoms with van der Waals surface area (Å²) in [4.78, 5) is 28.7. The van der Waals surface area contributed by atoms with Gasteiger partial charge in [0.1, 0.15) is 6.10 Å². The van der Waals surface area contributed by atoms with Crippen LogP contribution in [-0.4, -0.2) is 67.1 Å². The number of rotatable bonds is 6. The predicted octanol–water partition coefficient (Wildman–Crippen LogP) is 1.29. The van der Waals surface area contributed by atoms with Crippen molar-refractivity contribution in [3.05, 3.63) is 18.0 Å². The highest BCUT2D eigenvalue weighted by Gasteiger charge is 2.30. The second kappa shape index (κ2) is 10.2. The zero-order valence-corrected chi connectivity index (χ0v) is 16.6. The molecule has 0 aromatic carbocycles. The standard InChI is InChI=1S/C19H28N2O7/c1-11(2)8-27-13-7-12(3)28-19(24)14(10-26-9-13)21-18(23)16-17(22)15(25-4)5-6-20-16/h5-6,11-14,22H,7-10H2,1-4H3,(H,21,23)/t12?,13?,14-/m0/s1. The largest absolute Gasteiger partial charge is 0.503 e. The Kier molecular flexibility index (Phi) is 8.01. The molecule has 0 bridgehead atoms. The number of hydrogen-bond donors (Lipinski definition) is 2. The first-order valence-electron chi connectivity index (χ1n) is 9.24. The maximum Gasteiger partial charge on any atom is 0.331 e. The number of amides is 1. The van der Waals surface area contributed by atoms with Gasteiger partial charge in [0, 0.05) is 25.3 Å². The van der Waals surface area contributed by atoms with E-state index in [-0.39, 0.29) is 30.8 Å². The van der Waals surface area contributed by atoms with Crippen LogP contribution in [0.1, 0.15) is 37.7 Å². The first-order chi connectivity index (χ1) is 13.3. The normalized spacial score (nSPS) is 23.3. The second-order valence-electron chi connectivity index (χ2n) is 7.11. The summed E-state index contributed by atoms with van der Waals surface area (Å²) in [6, 6.07) is 0.383. The number of esters is 1. The van der Waals surface area contributed by atoms with Gasteiger partial charge >= 0.3 is 5.97 Å². The molecule has 2 heterocycles. The molecule has 1 saturated heterocycles. The average molecular weight is 396 g/mol. The zero-order chi connectivity index (χ0) is 20.7. The lowest BCUT2D eigenvalue weighted by atomic mass is 10.2. The molecule has 156 valence electrons. The van der Waals surface area contributed by atoms with Crippen molar-refractivity contribution in [2.45, 2.75) is 45.4 Å². The minimum absolute atomic E-state index is 0.0798. The summed E-state index contributed by atoms with van der Waals surface area (Å²) in [6.45, 7) is 6.64. The number of aromatic nitrogens is 1. The molecule has 2 unspecified atom stereocenters. The quantitative estimate of drug-likeness (QED) is 0.691. The van der Waals surface area contributed by atoms with E-state index in [0.717, 1.165) is 0 Å². The van der Waals surface area contributed by atoms with Crippen LogP contribution in [0, 0.1) is 5.92 Å². The molecule has 28 heavy (non-hydrogen) atoms. The van der Waals surface area contributed by atoms with Crippen molar-refractivity contribution in [1.82, 2.24) is 10.3 Å². The number of ether oxygens (including phenoxy) is 4. The van der Waals surface area contributed by atoms with Gasteiger partial charge in [-0.3, -0.25) is 4.79 Å². The number of pyridine rings is 1. The molecule has 1 aliphatic rings. The summed E-state index contributed by atoms with van der Waals surface area (Å²) in [5, 5.41) is 12.6. The lowest BCUT2D eigenvalue weighted by molar-refractivity contribution is -0.151. The molecule has 2 rings (SSSR count). The minimum Gasteiger partial charge on any atom is -0.503 e. The van der Waals surface area contributed by atoms with Crippen molar-refractivity contribution < 1.29 is 33.6 Å². The van der Waals surface area contributed by atoms with Gasteiger partial charge in [0.05, 0.1) is 26.4 Å². The van der Waals surface area contributed by atoms with Gasteiger partial charge in [0.2, 0.25) is 0 Å². The molecule has 1 amide bonds. The van der Waals surface area contributed by atoms with Crippen LogP contribution in [0.5, 0.6) is 11.5 Å². The third kappa shape index (κ3) is 6.07. The summed E-state index contributed by atoms with van der Waals surface area (Å²) in [5.74, 6) is -1.28. The van der Waals surface area contributed by atoms with Crippen LogP contribution in [0.25, 0.3) is 0 Å². The fraction of sp³-hybridized carbons (Fsp3) is 0.632. The molecule has 1 fully saturated rings. The highest BCUT2D eigenvalue weighted by atomic mass is 16.6. The number of cyclic esters (lactones) is 1. The monoisotopic (exact) mass is 396 g/mol. The van der Waals surface area contributed by atoms with Crippen LogP contribution >= 0.6 is 0 Å². The van der Waals surface area contributed by atoms with Gasteiger partial charge < -0.3 is 29.4 Å². The Morgan fingerprint density at radius 3 is 2.86 bits per heavy atom. The molecule has 0 aliphatic carbocycles. The molecular formula is C19H28N2O7. The van der Waals surface area contributed by atoms with Crippen molar-refractivity contribution in [3.63, 3.8) is 0 Å². The Bertz CT molecular complexity index is 680. The number of hydrogen-bond acceptors (Lipinski definition) is 8. The van der Waals surface area contributed by atoms with Crippen molar-refractivity contribution >= 4 is 11.9 Å². The lowest BCUT2D eigenvalue weighted by Crippen LogP contribution is -2.45. The van der Waals surface area contributed by atoms with Crippen molar-refractivity contribution in [2.24, 2.45) is 5.92 Å². The first-order valence-corrected chi connectivity index (χ1v) is 9.24. The fourth-order valence-electron chi connectivity index (χ4n) is 2.69. The molecule has 0 radical (unpaired) electrons. The van der Waals surface area contributed by atoms with Gasteiger partial charge in [-0.15, -0.1) is 0 Å². The van der Waals surface area contributed by atoms with Crippen LogP contribution in [0.4, 0.5) is 0 Å². The molecule has 9 heteroatoms. The van der Waals surface area contributed by atoms with E-state index in [2.05, 4.69) is 10.3 Å². The van der Waals surface area contributed by atoms with E-state index in [1.165, 1.54) is 19.4 Å². The fourth-order valence-corrected chi connectivity index (χ4v) is 2.69. The van der Waals surface area contributed by atoms with Crippen LogP contribution in [-0.2, 0) is 19.0 Å². The number of aromatic hydroxyl groups is 1. The molecule has 1 aliphatic heterocycles. The number of nitrogens with one attached hydrogen (secondary N) is 1. The van der Waals surface area contributed by atoms with Crippen LogP contribution < -0.4 is 10.1 Å². The third-order valence-corrected chi connectivity index (χ3v) is 4.08. The Morgan fingerprint density at radius 1 is 1.43 bits per heavy atom. The predicted molar refractivity (Wildman–Crippen MR) is 99.3 cm³/mol. The van der Waals surface area contributed by atoms with Gasteiger partial charge in [0.25, 0.3) is 5.91 Å². The molecule has 3 atom stereocenters. The number of carbonyl (C=O) groups excluding carboxylic acids is 2. The molecule has 1 aromatic rings. The van der Waals surface area contributed by atoms with E-state index >= 15 is 0 Å². The van der Waals surface area contributed by atoms with Crippen molar-refractivity contribution in [2.75, 3.05) is 26.9 Å². The topological polar surface area (TPSA) is 116 Å². The van der Waals surface area contributed by atoms with Crippen molar-refractivity contribution in [1.29, 1.82) is 0 Å². The molecule has 0 saturated carbocycles. The van der Waals surface area contributed by atoms with Gasteiger partial charge in [-0.25, -0.2) is 9.78 Å². The summed E-state index contributed by atoms with van der Waals surface area (Å²) in [7, 11) is 1.36. The van der Waals surface area contributed by atoms with Crippen LogP contribution in [0.15, 0.2) is 12.3 Å². The van der Waals surface area contributed by atoms with E-state index in [4.69, 9.17) is 18.9 Å². The maximum absolute atomic E-state index is 12.5. The molecular weight excluding hydrogens is 368 g/mol. The van der Waals surface area contributed by atoms with Crippen LogP contribution in [0.3, 0.4) is 0 Å². The summed E-state index contributed by atoms with van der Waals surface area (Å²) >= 11 is 0.